The van der Waals surface area contributed by atoms with Crippen molar-refractivity contribution in [1.82, 2.24) is 15.1 Å². The maximum atomic E-state index is 12.6. The van der Waals surface area contributed by atoms with Crippen molar-refractivity contribution >= 4 is 24.0 Å². The molecule has 2 aromatic carbocycles. The molecule has 0 aromatic heterocycles. The summed E-state index contributed by atoms with van der Waals surface area (Å²) in [5.41, 5.74) is 7.10. The fourth-order valence-corrected chi connectivity index (χ4v) is 4.76. The van der Waals surface area contributed by atoms with E-state index in [9.17, 15) is 4.79 Å². The van der Waals surface area contributed by atoms with Gasteiger partial charge in [0.05, 0.1) is 13.4 Å². The molecule has 36 heavy (non-hydrogen) atoms. The van der Waals surface area contributed by atoms with Crippen molar-refractivity contribution in [1.29, 1.82) is 0 Å². The molecule has 2 aromatic rings. The van der Waals surface area contributed by atoms with Crippen molar-refractivity contribution in [2.75, 3.05) is 33.3 Å². The third-order valence-electron chi connectivity index (χ3n) is 6.59. The predicted octanol–water partition coefficient (Wildman–Crippen LogP) is 4.73. The van der Waals surface area contributed by atoms with E-state index < -0.39 is 0 Å². The van der Waals surface area contributed by atoms with E-state index in [0.29, 0.717) is 10.7 Å². The number of nitrogens with one attached hydrogen (secondary N) is 1. The van der Waals surface area contributed by atoms with E-state index >= 15 is 0 Å². The van der Waals surface area contributed by atoms with Crippen LogP contribution in [0.25, 0.3) is 0 Å². The number of ether oxygens (including phenoxy) is 2. The van der Waals surface area contributed by atoms with Crippen LogP contribution in [0.1, 0.15) is 18.4 Å². The van der Waals surface area contributed by atoms with Gasteiger partial charge in [0.15, 0.2) is 0 Å². The lowest BCUT2D eigenvalue weighted by molar-refractivity contribution is -0.0226. The van der Waals surface area contributed by atoms with Gasteiger partial charge in [0.1, 0.15) is 11.5 Å². The highest BCUT2D eigenvalue weighted by atomic mass is 35.5. The molecule has 8 nitrogen and oxygen atoms in total. The number of nitrogens with two attached hydrogens (primary N) is 1. The Labute approximate surface area is 217 Å². The number of piperidine rings is 1. The molecule has 0 unspecified atom stereocenters. The number of carbonyl (C=O) groups is 1. The van der Waals surface area contributed by atoms with E-state index in [1.807, 2.05) is 41.3 Å². The maximum absolute atomic E-state index is 12.6. The summed E-state index contributed by atoms with van der Waals surface area (Å²) in [5, 5.41) is 3.47. The normalized spacial score (nSPS) is 17.6. The number of hydrogen-bond acceptors (Lipinski definition) is 5. The fraction of sp³-hybridized carbons (Fsp3) is 0.333. The molecule has 190 valence electrons. The van der Waals surface area contributed by atoms with E-state index in [0.717, 1.165) is 63.4 Å². The topological polar surface area (TPSA) is 92.4 Å². The van der Waals surface area contributed by atoms with E-state index in [4.69, 9.17) is 26.8 Å². The third-order valence-corrected chi connectivity index (χ3v) is 6.84. The van der Waals surface area contributed by atoms with E-state index in [2.05, 4.69) is 33.9 Å². The van der Waals surface area contributed by atoms with Crippen LogP contribution in [0, 0.1) is 5.41 Å². The van der Waals surface area contributed by atoms with Crippen LogP contribution in [0.3, 0.4) is 0 Å². The number of urea groups is 1. The number of carbonyl (C=O) groups excluding carboxylic acids is 1. The molecule has 2 heterocycles. The minimum atomic E-state index is -0.158. The van der Waals surface area contributed by atoms with Gasteiger partial charge in [-0.05, 0) is 67.9 Å². The van der Waals surface area contributed by atoms with Gasteiger partial charge < -0.3 is 25.4 Å². The summed E-state index contributed by atoms with van der Waals surface area (Å²) in [4.78, 5) is 20.7. The number of methoxy groups -OCH3 is 1. The van der Waals surface area contributed by atoms with Crippen LogP contribution >= 0.6 is 11.6 Å². The predicted molar refractivity (Wildman–Crippen MR) is 142 cm³/mol. The van der Waals surface area contributed by atoms with Crippen LogP contribution in [-0.2, 0) is 11.3 Å². The number of amides is 2. The summed E-state index contributed by atoms with van der Waals surface area (Å²) in [6.45, 7) is 8.23. The van der Waals surface area contributed by atoms with Crippen LogP contribution in [-0.4, -0.2) is 55.5 Å². The van der Waals surface area contributed by atoms with Crippen molar-refractivity contribution in [2.45, 2.75) is 19.4 Å². The number of nitrogens with zero attached hydrogens (tertiary/aromatic N) is 3. The first-order chi connectivity index (χ1) is 17.4. The summed E-state index contributed by atoms with van der Waals surface area (Å²) in [6.07, 6.45) is 4.79. The highest BCUT2D eigenvalue weighted by molar-refractivity contribution is 6.30. The van der Waals surface area contributed by atoms with Crippen LogP contribution in [0.5, 0.6) is 11.5 Å². The van der Waals surface area contributed by atoms with Crippen molar-refractivity contribution in [2.24, 2.45) is 16.1 Å². The van der Waals surface area contributed by atoms with Gasteiger partial charge >= 0.3 is 6.03 Å². The highest BCUT2D eigenvalue weighted by Crippen LogP contribution is 2.40. The molecule has 2 aliphatic heterocycles. The second-order valence-electron chi connectivity index (χ2n) is 9.26. The third kappa shape index (κ3) is 6.59. The van der Waals surface area contributed by atoms with Crippen LogP contribution < -0.4 is 15.8 Å². The molecule has 0 aliphatic carbocycles. The molecule has 0 bridgehead atoms. The van der Waals surface area contributed by atoms with Gasteiger partial charge in [0.2, 0.25) is 5.88 Å². The van der Waals surface area contributed by atoms with Gasteiger partial charge in [-0.2, -0.15) is 0 Å². The molecule has 1 spiro atoms. The second kappa shape index (κ2) is 11.5. The molecule has 2 fully saturated rings. The standard InChI is InChI=1S/C27H32ClN5O3/c1-20(14-25(35-2)30-19-29)31-26(34)33-17-27(18-33)10-12-32(13-11-27)16-21-4-3-5-24(15-21)36-23-8-6-22(28)7-9-23/h3-9,14-15,19H,1,10-13,16-18H2,2H3,(H2,29,30)(H,31,34)/b25-14+. The summed E-state index contributed by atoms with van der Waals surface area (Å²) < 4.78 is 11.0. The number of hydrogen-bond donors (Lipinski definition) is 2. The first-order valence-corrected chi connectivity index (χ1v) is 12.3. The summed E-state index contributed by atoms with van der Waals surface area (Å²) >= 11 is 5.96. The molecule has 0 radical (unpaired) electrons. The lowest BCUT2D eigenvalue weighted by atomic mass is 9.72. The fourth-order valence-electron chi connectivity index (χ4n) is 4.64. The lowest BCUT2D eigenvalue weighted by Crippen LogP contribution is -2.63. The zero-order valence-electron chi connectivity index (χ0n) is 20.5. The van der Waals surface area contributed by atoms with Crippen molar-refractivity contribution < 1.29 is 14.3 Å². The van der Waals surface area contributed by atoms with Crippen LogP contribution in [0.2, 0.25) is 5.02 Å². The Balaban J connectivity index is 1.23. The Morgan fingerprint density at radius 2 is 1.92 bits per heavy atom. The molecule has 3 N–H and O–H groups in total. The molecule has 0 atom stereocenters. The van der Waals surface area contributed by atoms with Gasteiger partial charge in [0, 0.05) is 41.8 Å². The summed E-state index contributed by atoms with van der Waals surface area (Å²) in [7, 11) is 1.48. The van der Waals surface area contributed by atoms with Crippen molar-refractivity contribution in [3.05, 3.63) is 83.4 Å². The molecule has 2 amide bonds. The number of halogens is 1. The Morgan fingerprint density at radius 1 is 1.19 bits per heavy atom. The molecular formula is C27H32ClN5O3. The highest BCUT2D eigenvalue weighted by Gasteiger charge is 2.46. The first kappa shape index (κ1) is 25.6. The molecule has 2 saturated heterocycles. The SMILES string of the molecule is C=C(/C=C(\N=C/N)OC)NC(=O)N1CC2(CCN(Cc3cccc(Oc4ccc(Cl)cc4)c3)CC2)C1. The van der Waals surface area contributed by atoms with E-state index in [1.54, 1.807) is 0 Å². The Kier molecular flexibility index (Phi) is 8.18. The molecule has 2 aliphatic rings. The smallest absolute Gasteiger partial charge is 0.321 e. The number of rotatable bonds is 8. The van der Waals surface area contributed by atoms with Gasteiger partial charge in [-0.25, -0.2) is 9.79 Å². The molecule has 4 rings (SSSR count). The zero-order chi connectivity index (χ0) is 25.5. The number of allylic oxidation sites excluding steroid dienone is 1. The Bertz CT molecular complexity index is 1130. The lowest BCUT2D eigenvalue weighted by Gasteiger charge is -2.53. The Morgan fingerprint density at radius 3 is 2.58 bits per heavy atom. The van der Waals surface area contributed by atoms with E-state index in [1.165, 1.54) is 18.7 Å². The van der Waals surface area contributed by atoms with Crippen LogP contribution in [0.4, 0.5) is 4.79 Å². The minimum absolute atomic E-state index is 0.158. The van der Waals surface area contributed by atoms with Crippen LogP contribution in [0.15, 0.2) is 77.8 Å². The quantitative estimate of drug-likeness (QED) is 0.232. The summed E-state index contributed by atoms with van der Waals surface area (Å²) in [5.74, 6) is 1.85. The number of likely N-dealkylation sites (tertiary alicyclic amines) is 2. The largest absolute Gasteiger partial charge is 0.481 e. The number of benzene rings is 2. The van der Waals surface area contributed by atoms with Crippen molar-refractivity contribution in [3.8, 4) is 11.5 Å². The monoisotopic (exact) mass is 509 g/mol. The molecule has 9 heteroatoms. The van der Waals surface area contributed by atoms with Gasteiger partial charge in [-0.3, -0.25) is 4.90 Å². The van der Waals surface area contributed by atoms with E-state index in [-0.39, 0.29) is 17.3 Å². The molecular weight excluding hydrogens is 478 g/mol. The average Bonchev–Trinajstić information content (AvgIpc) is 2.84. The summed E-state index contributed by atoms with van der Waals surface area (Å²) in [6, 6.07) is 15.4. The number of aliphatic imine (C=N–C) groups is 1. The second-order valence-corrected chi connectivity index (χ2v) is 9.69. The first-order valence-electron chi connectivity index (χ1n) is 11.9. The minimum Gasteiger partial charge on any atom is -0.481 e. The van der Waals surface area contributed by atoms with Gasteiger partial charge in [-0.1, -0.05) is 30.3 Å². The van der Waals surface area contributed by atoms with Gasteiger partial charge in [0.25, 0.3) is 0 Å². The van der Waals surface area contributed by atoms with Gasteiger partial charge in [-0.15, -0.1) is 0 Å². The Hall–Kier alpha value is -3.49. The zero-order valence-corrected chi connectivity index (χ0v) is 21.2. The average molecular weight is 510 g/mol. The van der Waals surface area contributed by atoms with Crippen molar-refractivity contribution in [3.63, 3.8) is 0 Å². The maximum Gasteiger partial charge on any atom is 0.321 e. The molecule has 0 saturated carbocycles.